The predicted molar refractivity (Wildman–Crippen MR) is 116 cm³/mol. The first-order valence-corrected chi connectivity index (χ1v) is 9.83. The number of allylic oxidation sites excluding steroid dienone is 1. The number of hydrogen-bond donors (Lipinski definition) is 3. The van der Waals surface area contributed by atoms with Crippen molar-refractivity contribution in [3.63, 3.8) is 0 Å². The number of aromatic amines is 1. The van der Waals surface area contributed by atoms with Crippen LogP contribution < -0.4 is 27.1 Å². The predicted octanol–water partition coefficient (Wildman–Crippen LogP) is 0.722. The molecule has 0 spiro atoms. The fraction of sp³-hybridized carbons (Fsp3) is 0.130. The molecule has 0 aliphatic carbocycles. The molecule has 1 aromatic heterocycles. The van der Waals surface area contributed by atoms with Gasteiger partial charge in [0.1, 0.15) is 11.4 Å². The largest absolute Gasteiger partial charge is 0.494 e. The second-order valence-corrected chi connectivity index (χ2v) is 7.18. The molecule has 0 saturated carbocycles. The Morgan fingerprint density at radius 2 is 1.91 bits per heavy atom. The molecule has 0 saturated heterocycles. The summed E-state index contributed by atoms with van der Waals surface area (Å²) >= 11 is 0. The van der Waals surface area contributed by atoms with E-state index in [-0.39, 0.29) is 17.2 Å². The maximum absolute atomic E-state index is 13.3. The number of nitrogens with zero attached hydrogens (tertiary/aromatic N) is 2. The van der Waals surface area contributed by atoms with Crippen LogP contribution in [0.25, 0.3) is 17.3 Å². The zero-order valence-electron chi connectivity index (χ0n) is 17.1. The highest BCUT2D eigenvalue weighted by molar-refractivity contribution is 5.77. The van der Waals surface area contributed by atoms with Crippen LogP contribution in [-0.4, -0.2) is 27.1 Å². The molecule has 4 rings (SSSR count). The van der Waals surface area contributed by atoms with Gasteiger partial charge in [-0.15, -0.1) is 0 Å². The molecule has 2 heterocycles. The van der Waals surface area contributed by atoms with Gasteiger partial charge in [-0.1, -0.05) is 18.2 Å². The van der Waals surface area contributed by atoms with Crippen molar-refractivity contribution in [2.45, 2.75) is 13.3 Å². The van der Waals surface area contributed by atoms with Crippen molar-refractivity contribution in [1.29, 1.82) is 0 Å². The lowest BCUT2D eigenvalue weighted by Crippen LogP contribution is -2.30. The van der Waals surface area contributed by atoms with E-state index in [0.29, 0.717) is 24.0 Å². The average molecular weight is 434 g/mol. The van der Waals surface area contributed by atoms with E-state index in [4.69, 9.17) is 0 Å². The van der Waals surface area contributed by atoms with Gasteiger partial charge in [-0.05, 0) is 48.4 Å². The summed E-state index contributed by atoms with van der Waals surface area (Å²) in [5.74, 6) is -1.26. The number of fused-ring (bicyclic) bond motifs is 1. The summed E-state index contributed by atoms with van der Waals surface area (Å²) in [6, 6.07) is 12.3. The molecule has 1 aliphatic rings. The van der Waals surface area contributed by atoms with Crippen LogP contribution in [-0.2, 0) is 4.79 Å². The summed E-state index contributed by atoms with van der Waals surface area (Å²) in [7, 11) is 0. The molecular formula is C23H19FN4O4. The summed E-state index contributed by atoms with van der Waals surface area (Å²) in [6.07, 6.45) is 1.85. The first-order chi connectivity index (χ1) is 15.3. The Labute approximate surface area is 180 Å². The first-order valence-electron chi connectivity index (χ1n) is 9.83. The second-order valence-electron chi connectivity index (χ2n) is 7.18. The SMILES string of the molecule is CC(=O)NCCC1=c2ccccc2=NC1=Cc1c(O)n(-c2ccc(F)cc2)c(=O)[nH]c1=O. The van der Waals surface area contributed by atoms with Crippen molar-refractivity contribution in [2.24, 2.45) is 4.99 Å². The quantitative estimate of drug-likeness (QED) is 0.549. The summed E-state index contributed by atoms with van der Waals surface area (Å²) in [5.41, 5.74) is -0.411. The number of aromatic nitrogens is 2. The van der Waals surface area contributed by atoms with Crippen LogP contribution in [0.3, 0.4) is 0 Å². The van der Waals surface area contributed by atoms with Crippen LogP contribution in [0.1, 0.15) is 18.9 Å². The van der Waals surface area contributed by atoms with E-state index < -0.39 is 22.9 Å². The van der Waals surface area contributed by atoms with Gasteiger partial charge in [-0.25, -0.2) is 18.7 Å². The van der Waals surface area contributed by atoms with Crippen LogP contribution in [0.2, 0.25) is 0 Å². The van der Waals surface area contributed by atoms with Gasteiger partial charge >= 0.3 is 5.69 Å². The minimum absolute atomic E-state index is 0.167. The number of rotatable bonds is 5. The van der Waals surface area contributed by atoms with Gasteiger partial charge in [0.25, 0.3) is 5.56 Å². The van der Waals surface area contributed by atoms with Gasteiger partial charge in [0.05, 0.1) is 16.7 Å². The summed E-state index contributed by atoms with van der Waals surface area (Å²) in [4.78, 5) is 42.9. The minimum Gasteiger partial charge on any atom is -0.494 e. The zero-order chi connectivity index (χ0) is 22.8. The molecule has 2 aromatic carbocycles. The fourth-order valence-electron chi connectivity index (χ4n) is 3.54. The number of carbonyl (C=O) groups is 1. The van der Waals surface area contributed by atoms with Crippen molar-refractivity contribution in [1.82, 2.24) is 14.9 Å². The van der Waals surface area contributed by atoms with E-state index in [1.807, 2.05) is 24.3 Å². The van der Waals surface area contributed by atoms with Gasteiger partial charge < -0.3 is 10.4 Å². The van der Waals surface area contributed by atoms with Gasteiger partial charge in [0, 0.05) is 18.7 Å². The highest BCUT2D eigenvalue weighted by Crippen LogP contribution is 2.24. The summed E-state index contributed by atoms with van der Waals surface area (Å²) in [6.45, 7) is 1.79. The maximum Gasteiger partial charge on any atom is 0.335 e. The molecule has 0 atom stereocenters. The third-order valence-electron chi connectivity index (χ3n) is 5.01. The Kier molecular flexibility index (Phi) is 5.55. The van der Waals surface area contributed by atoms with Gasteiger partial charge in [0.15, 0.2) is 0 Å². The van der Waals surface area contributed by atoms with Crippen LogP contribution in [0, 0.1) is 5.82 Å². The molecular weight excluding hydrogens is 415 g/mol. The molecule has 3 aromatic rings. The van der Waals surface area contributed by atoms with Crippen LogP contribution in [0.5, 0.6) is 5.88 Å². The Hall–Kier alpha value is -4.27. The molecule has 1 amide bonds. The number of amides is 1. The number of carbonyl (C=O) groups excluding carboxylic acids is 1. The third-order valence-corrected chi connectivity index (χ3v) is 5.01. The lowest BCUT2D eigenvalue weighted by molar-refractivity contribution is -0.118. The number of aromatic hydroxyl groups is 1. The molecule has 9 heteroatoms. The van der Waals surface area contributed by atoms with E-state index in [2.05, 4.69) is 15.3 Å². The van der Waals surface area contributed by atoms with Crippen LogP contribution in [0.4, 0.5) is 4.39 Å². The summed E-state index contributed by atoms with van der Waals surface area (Å²) in [5, 5.41) is 15.1. The topological polar surface area (TPSA) is 117 Å². The van der Waals surface area contributed by atoms with Crippen molar-refractivity contribution < 1.29 is 14.3 Å². The van der Waals surface area contributed by atoms with E-state index in [1.54, 1.807) is 0 Å². The maximum atomic E-state index is 13.3. The third kappa shape index (κ3) is 4.00. The van der Waals surface area contributed by atoms with E-state index in [0.717, 1.165) is 27.5 Å². The molecule has 3 N–H and O–H groups in total. The van der Waals surface area contributed by atoms with Crippen molar-refractivity contribution in [3.05, 3.63) is 97.0 Å². The average Bonchev–Trinajstić information content (AvgIpc) is 3.09. The molecule has 0 radical (unpaired) electrons. The lowest BCUT2D eigenvalue weighted by atomic mass is 10.1. The van der Waals surface area contributed by atoms with Crippen molar-refractivity contribution in [3.8, 4) is 11.6 Å². The highest BCUT2D eigenvalue weighted by atomic mass is 19.1. The number of H-pyrrole nitrogens is 1. The van der Waals surface area contributed by atoms with E-state index in [9.17, 15) is 23.9 Å². The molecule has 162 valence electrons. The number of halogens is 1. The molecule has 32 heavy (non-hydrogen) atoms. The normalized spacial score (nSPS) is 13.7. The standard InChI is InChI=1S/C23H19FN4O4/c1-13(29)25-11-10-17-16-4-2-3-5-19(16)26-20(17)12-18-21(30)27-23(32)28(22(18)31)15-8-6-14(24)7-9-15/h2-9,12,31H,10-11H2,1H3,(H,25,29)(H,27,30,32). The van der Waals surface area contributed by atoms with Crippen molar-refractivity contribution >= 4 is 17.6 Å². The Morgan fingerprint density at radius 1 is 1.19 bits per heavy atom. The van der Waals surface area contributed by atoms with Gasteiger partial charge in [0.2, 0.25) is 11.8 Å². The second kappa shape index (κ2) is 8.46. The van der Waals surface area contributed by atoms with E-state index in [1.165, 1.54) is 25.1 Å². The Balaban J connectivity index is 1.86. The number of hydrogen-bond acceptors (Lipinski definition) is 5. The van der Waals surface area contributed by atoms with Crippen molar-refractivity contribution in [2.75, 3.05) is 6.54 Å². The number of benzene rings is 2. The summed E-state index contributed by atoms with van der Waals surface area (Å²) < 4.78 is 14.2. The monoisotopic (exact) mass is 434 g/mol. The van der Waals surface area contributed by atoms with E-state index >= 15 is 0 Å². The van der Waals surface area contributed by atoms with Gasteiger partial charge in [-0.2, -0.15) is 0 Å². The highest BCUT2D eigenvalue weighted by Gasteiger charge is 2.18. The molecule has 8 nitrogen and oxygen atoms in total. The Bertz CT molecular complexity index is 1480. The number of para-hydroxylation sites is 1. The van der Waals surface area contributed by atoms with Crippen LogP contribution in [0.15, 0.2) is 68.8 Å². The Morgan fingerprint density at radius 3 is 2.62 bits per heavy atom. The van der Waals surface area contributed by atoms with Gasteiger partial charge in [-0.3, -0.25) is 14.6 Å². The molecule has 0 bridgehead atoms. The smallest absolute Gasteiger partial charge is 0.335 e. The number of nitrogens with one attached hydrogen (secondary N) is 2. The fourth-order valence-corrected chi connectivity index (χ4v) is 3.54. The molecule has 0 unspecified atom stereocenters. The molecule has 1 aliphatic heterocycles. The zero-order valence-corrected chi connectivity index (χ0v) is 17.1. The minimum atomic E-state index is -0.859. The van der Waals surface area contributed by atoms with Crippen LogP contribution >= 0.6 is 0 Å². The first kappa shape index (κ1) is 21.0. The lowest BCUT2D eigenvalue weighted by Gasteiger charge is -2.11. The molecule has 0 fully saturated rings.